The third-order valence-corrected chi connectivity index (χ3v) is 2.30. The highest BCUT2D eigenvalue weighted by atomic mass is 16.1. The van der Waals surface area contributed by atoms with Crippen LogP contribution in [-0.4, -0.2) is 19.5 Å². The van der Waals surface area contributed by atoms with Gasteiger partial charge in [0, 0.05) is 5.54 Å². The van der Waals surface area contributed by atoms with Gasteiger partial charge in [0.05, 0.1) is 6.20 Å². The highest BCUT2D eigenvalue weighted by Crippen LogP contribution is 2.15. The molecule has 0 atom stereocenters. The normalized spacial score (nSPS) is 11.9. The maximum atomic E-state index is 11.8. The van der Waals surface area contributed by atoms with Crippen molar-refractivity contribution in [2.75, 3.05) is 5.73 Å². The molecule has 0 aliphatic carbocycles. The molecule has 0 saturated carbocycles. The van der Waals surface area contributed by atoms with Crippen molar-refractivity contribution in [1.82, 2.24) is 19.5 Å². The van der Waals surface area contributed by atoms with Gasteiger partial charge < -0.3 is 5.73 Å². The number of rotatable bonds is 0. The summed E-state index contributed by atoms with van der Waals surface area (Å²) in [7, 11) is 0. The van der Waals surface area contributed by atoms with Gasteiger partial charge in [-0.2, -0.15) is 4.98 Å². The van der Waals surface area contributed by atoms with Crippen molar-refractivity contribution < 1.29 is 0 Å². The van der Waals surface area contributed by atoms with Crippen LogP contribution in [0, 0.1) is 0 Å². The third kappa shape index (κ3) is 1.79. The van der Waals surface area contributed by atoms with Gasteiger partial charge >= 0.3 is 0 Å². The Morgan fingerprint density at radius 2 is 2.00 bits per heavy atom. The van der Waals surface area contributed by atoms with Crippen molar-refractivity contribution in [2.45, 2.75) is 26.3 Å². The predicted molar refractivity (Wildman–Crippen MR) is 63.8 cm³/mol. The number of hydrogen-bond donors (Lipinski definition) is 2. The van der Waals surface area contributed by atoms with E-state index in [0.29, 0.717) is 0 Å². The fraction of sp³-hybridized carbons (Fsp3) is 0.400. The molecule has 7 nitrogen and oxygen atoms in total. The SMILES string of the molecule is CC(C)(C)n1c(=O)cnc2c(=O)[nH]c(N)nc21. The Labute approximate surface area is 96.3 Å². The first-order valence-corrected chi connectivity index (χ1v) is 5.09. The van der Waals surface area contributed by atoms with Crippen molar-refractivity contribution >= 4 is 17.1 Å². The van der Waals surface area contributed by atoms with E-state index in [1.165, 1.54) is 4.57 Å². The first kappa shape index (κ1) is 11.3. The van der Waals surface area contributed by atoms with Crippen LogP contribution in [0.1, 0.15) is 20.8 Å². The number of aromatic amines is 1. The van der Waals surface area contributed by atoms with Gasteiger partial charge in [-0.15, -0.1) is 0 Å². The van der Waals surface area contributed by atoms with Crippen LogP contribution >= 0.6 is 0 Å². The number of aromatic nitrogens is 4. The van der Waals surface area contributed by atoms with E-state index >= 15 is 0 Å². The molecule has 7 heteroatoms. The van der Waals surface area contributed by atoms with Gasteiger partial charge in [0.1, 0.15) is 0 Å². The minimum absolute atomic E-state index is 0.0344. The van der Waals surface area contributed by atoms with Crippen molar-refractivity contribution in [3.8, 4) is 0 Å². The Kier molecular flexibility index (Phi) is 2.27. The van der Waals surface area contributed by atoms with Crippen LogP contribution in [-0.2, 0) is 5.54 Å². The van der Waals surface area contributed by atoms with E-state index in [0.717, 1.165) is 6.20 Å². The first-order chi connectivity index (χ1) is 7.80. The van der Waals surface area contributed by atoms with Crippen molar-refractivity contribution in [3.05, 3.63) is 26.9 Å². The van der Waals surface area contributed by atoms with Gasteiger partial charge in [-0.05, 0) is 20.8 Å². The summed E-state index contributed by atoms with van der Waals surface area (Å²) in [5, 5.41) is 0. The van der Waals surface area contributed by atoms with Gasteiger partial charge in [-0.3, -0.25) is 19.1 Å². The zero-order chi connectivity index (χ0) is 12.8. The summed E-state index contributed by atoms with van der Waals surface area (Å²) in [4.78, 5) is 33.6. The average Bonchev–Trinajstić information content (AvgIpc) is 2.13. The molecule has 0 unspecified atom stereocenters. The Morgan fingerprint density at radius 3 is 2.59 bits per heavy atom. The van der Waals surface area contributed by atoms with Crippen LogP contribution in [0.2, 0.25) is 0 Å². The van der Waals surface area contributed by atoms with E-state index < -0.39 is 11.1 Å². The van der Waals surface area contributed by atoms with E-state index in [1.54, 1.807) is 0 Å². The second-order valence-electron chi connectivity index (χ2n) is 4.73. The lowest BCUT2D eigenvalue weighted by Gasteiger charge is -2.22. The number of nitrogens with two attached hydrogens (primary N) is 1. The monoisotopic (exact) mass is 235 g/mol. The maximum Gasteiger partial charge on any atom is 0.280 e. The lowest BCUT2D eigenvalue weighted by molar-refractivity contribution is 0.394. The largest absolute Gasteiger partial charge is 0.369 e. The van der Waals surface area contributed by atoms with Gasteiger partial charge in [0.2, 0.25) is 5.95 Å². The third-order valence-electron chi connectivity index (χ3n) is 2.30. The highest BCUT2D eigenvalue weighted by molar-refractivity contribution is 5.69. The van der Waals surface area contributed by atoms with Crippen LogP contribution < -0.4 is 16.9 Å². The maximum absolute atomic E-state index is 11.8. The fourth-order valence-electron chi connectivity index (χ4n) is 1.67. The second kappa shape index (κ2) is 3.41. The molecular weight excluding hydrogens is 222 g/mol. The van der Waals surface area contributed by atoms with E-state index in [2.05, 4.69) is 15.0 Å². The number of nitrogens with one attached hydrogen (secondary N) is 1. The quantitative estimate of drug-likeness (QED) is 0.658. The lowest BCUT2D eigenvalue weighted by Crippen LogP contribution is -2.35. The Morgan fingerprint density at radius 1 is 1.35 bits per heavy atom. The summed E-state index contributed by atoms with van der Waals surface area (Å²) in [6.07, 6.45) is 1.11. The molecular formula is C10H13N5O2. The number of anilines is 1. The van der Waals surface area contributed by atoms with Gasteiger partial charge in [0.25, 0.3) is 11.1 Å². The first-order valence-electron chi connectivity index (χ1n) is 5.09. The highest BCUT2D eigenvalue weighted by Gasteiger charge is 2.20. The summed E-state index contributed by atoms with van der Waals surface area (Å²) in [5.74, 6) is -0.0344. The van der Waals surface area contributed by atoms with Crippen LogP contribution in [0.5, 0.6) is 0 Å². The Hall–Kier alpha value is -2.18. The molecule has 0 aliphatic heterocycles. The van der Waals surface area contributed by atoms with Crippen LogP contribution in [0.4, 0.5) is 5.95 Å². The smallest absolute Gasteiger partial charge is 0.280 e. The molecule has 0 bridgehead atoms. The van der Waals surface area contributed by atoms with Crippen LogP contribution in [0.15, 0.2) is 15.8 Å². The van der Waals surface area contributed by atoms with Crippen molar-refractivity contribution in [2.24, 2.45) is 0 Å². The summed E-state index contributed by atoms with van der Waals surface area (Å²) in [5.41, 5.74) is 4.50. The molecule has 2 heterocycles. The zero-order valence-electron chi connectivity index (χ0n) is 9.81. The van der Waals surface area contributed by atoms with Gasteiger partial charge in [-0.1, -0.05) is 0 Å². The molecule has 0 aliphatic rings. The lowest BCUT2D eigenvalue weighted by atomic mass is 10.1. The van der Waals surface area contributed by atoms with E-state index in [-0.39, 0.29) is 22.7 Å². The van der Waals surface area contributed by atoms with Crippen LogP contribution in [0.25, 0.3) is 11.2 Å². The van der Waals surface area contributed by atoms with E-state index in [4.69, 9.17) is 5.73 Å². The number of H-pyrrole nitrogens is 1. The Bertz CT molecular complexity index is 692. The molecule has 2 aromatic heterocycles. The van der Waals surface area contributed by atoms with Crippen LogP contribution in [0.3, 0.4) is 0 Å². The Balaban J connectivity index is 3.06. The molecule has 3 N–H and O–H groups in total. The summed E-state index contributed by atoms with van der Waals surface area (Å²) >= 11 is 0. The topological polar surface area (TPSA) is 107 Å². The number of hydrogen-bond acceptors (Lipinski definition) is 5. The molecule has 0 spiro atoms. The molecule has 2 aromatic rings. The molecule has 0 aromatic carbocycles. The van der Waals surface area contributed by atoms with E-state index in [9.17, 15) is 9.59 Å². The molecule has 0 saturated heterocycles. The number of nitrogens with zero attached hydrogens (tertiary/aromatic N) is 3. The van der Waals surface area contributed by atoms with Crippen molar-refractivity contribution in [1.29, 1.82) is 0 Å². The molecule has 0 amide bonds. The second-order valence-corrected chi connectivity index (χ2v) is 4.73. The van der Waals surface area contributed by atoms with Crippen molar-refractivity contribution in [3.63, 3.8) is 0 Å². The fourth-order valence-corrected chi connectivity index (χ4v) is 1.67. The number of nitrogen functional groups attached to an aromatic ring is 1. The summed E-state index contributed by atoms with van der Waals surface area (Å²) in [6.45, 7) is 5.52. The molecule has 0 radical (unpaired) electrons. The number of fused-ring (bicyclic) bond motifs is 1. The standard InChI is InChI=1S/C10H13N5O2/c1-10(2,3)15-5(16)4-12-6-7(15)13-9(11)14-8(6)17/h4H,1-3H3,(H3,11,13,14,17). The minimum atomic E-state index is -0.508. The molecule has 0 fully saturated rings. The van der Waals surface area contributed by atoms with Gasteiger partial charge in [0.15, 0.2) is 11.2 Å². The molecule has 17 heavy (non-hydrogen) atoms. The predicted octanol–water partition coefficient (Wildman–Crippen LogP) is -0.183. The molecule has 90 valence electrons. The summed E-state index contributed by atoms with van der Waals surface area (Å²) in [6, 6.07) is 0. The average molecular weight is 235 g/mol. The summed E-state index contributed by atoms with van der Waals surface area (Å²) < 4.78 is 1.40. The van der Waals surface area contributed by atoms with Gasteiger partial charge in [-0.25, -0.2) is 4.98 Å². The zero-order valence-corrected chi connectivity index (χ0v) is 9.81. The minimum Gasteiger partial charge on any atom is -0.369 e. The van der Waals surface area contributed by atoms with E-state index in [1.807, 2.05) is 20.8 Å². The molecule has 2 rings (SSSR count).